The molecule has 11 heavy (non-hydrogen) atoms. The van der Waals surface area contributed by atoms with E-state index >= 15 is 0 Å². The molecule has 0 aromatic carbocycles. The fourth-order valence-corrected chi connectivity index (χ4v) is 1.15. The molecule has 1 fully saturated rings. The molecule has 0 saturated carbocycles. The lowest BCUT2D eigenvalue weighted by molar-refractivity contribution is -0.134. The van der Waals surface area contributed by atoms with E-state index in [2.05, 4.69) is 5.32 Å². The molecular weight excluding hydrogens is 146 g/mol. The van der Waals surface area contributed by atoms with Crippen molar-refractivity contribution in [2.24, 2.45) is 5.92 Å². The van der Waals surface area contributed by atoms with Crippen molar-refractivity contribution < 1.29 is 14.7 Å². The van der Waals surface area contributed by atoms with E-state index in [0.29, 0.717) is 19.3 Å². The zero-order chi connectivity index (χ0) is 8.27. The first-order chi connectivity index (χ1) is 5.25. The van der Waals surface area contributed by atoms with Crippen molar-refractivity contribution in [3.63, 3.8) is 0 Å². The molecule has 1 rings (SSSR count). The summed E-state index contributed by atoms with van der Waals surface area (Å²) in [7, 11) is 0. The van der Waals surface area contributed by atoms with Crippen LogP contribution < -0.4 is 5.32 Å². The van der Waals surface area contributed by atoms with Crippen LogP contribution in [0.5, 0.6) is 0 Å². The van der Waals surface area contributed by atoms with E-state index in [0.717, 1.165) is 6.42 Å². The molecule has 0 aromatic heterocycles. The Kier molecular flexibility index (Phi) is 2.59. The third-order valence-electron chi connectivity index (χ3n) is 1.86. The van der Waals surface area contributed by atoms with Gasteiger partial charge in [0.25, 0.3) is 0 Å². The number of nitrogens with one attached hydrogen (secondary N) is 1. The quantitative estimate of drug-likeness (QED) is 0.483. The number of aliphatic hydroxyl groups excluding tert-OH is 1. The van der Waals surface area contributed by atoms with Crippen LogP contribution in [0.15, 0.2) is 0 Å². The maximum absolute atomic E-state index is 10.9. The summed E-state index contributed by atoms with van der Waals surface area (Å²) in [4.78, 5) is 21.2. The number of aliphatic hydroxyl groups is 1. The first-order valence-electron chi connectivity index (χ1n) is 3.67. The van der Waals surface area contributed by atoms with Gasteiger partial charge < -0.3 is 15.2 Å². The van der Waals surface area contributed by atoms with Crippen LogP contribution in [-0.2, 0) is 9.59 Å². The number of carbonyl (C=O) groups is 2. The summed E-state index contributed by atoms with van der Waals surface area (Å²) in [6.45, 7) is 0.556. The summed E-state index contributed by atoms with van der Waals surface area (Å²) in [5.41, 5.74) is 0. The average Bonchev–Trinajstić information content (AvgIpc) is 2.16. The number of aldehydes is 1. The van der Waals surface area contributed by atoms with Gasteiger partial charge in [0.1, 0.15) is 12.4 Å². The second-order valence-electron chi connectivity index (χ2n) is 2.68. The summed E-state index contributed by atoms with van der Waals surface area (Å²) >= 11 is 0. The Labute approximate surface area is 64.6 Å². The Morgan fingerprint density at radius 2 is 2.36 bits per heavy atom. The first-order valence-corrected chi connectivity index (χ1v) is 3.67. The van der Waals surface area contributed by atoms with Crippen molar-refractivity contribution in [3.05, 3.63) is 0 Å². The molecule has 0 aromatic rings. The Morgan fingerprint density at radius 3 is 3.00 bits per heavy atom. The predicted molar refractivity (Wildman–Crippen MR) is 37.8 cm³/mol. The van der Waals surface area contributed by atoms with Gasteiger partial charge in [-0.25, -0.2) is 0 Å². The van der Waals surface area contributed by atoms with E-state index in [1.165, 1.54) is 0 Å². The van der Waals surface area contributed by atoms with Gasteiger partial charge in [-0.05, 0) is 12.8 Å². The Hall–Kier alpha value is -0.900. The van der Waals surface area contributed by atoms with Crippen molar-refractivity contribution in [1.29, 1.82) is 0 Å². The van der Waals surface area contributed by atoms with Gasteiger partial charge in [-0.3, -0.25) is 4.79 Å². The van der Waals surface area contributed by atoms with E-state index in [9.17, 15) is 14.7 Å². The van der Waals surface area contributed by atoms with Crippen molar-refractivity contribution >= 4 is 12.2 Å². The molecule has 2 N–H and O–H groups in total. The molecule has 2 unspecified atom stereocenters. The zero-order valence-electron chi connectivity index (χ0n) is 6.12. The summed E-state index contributed by atoms with van der Waals surface area (Å²) in [5, 5.41) is 11.7. The highest BCUT2D eigenvalue weighted by atomic mass is 16.3. The van der Waals surface area contributed by atoms with Gasteiger partial charge in [0, 0.05) is 12.5 Å². The van der Waals surface area contributed by atoms with E-state index in [4.69, 9.17) is 0 Å². The van der Waals surface area contributed by atoms with Gasteiger partial charge in [-0.2, -0.15) is 0 Å². The Bertz CT molecular complexity index is 169. The van der Waals surface area contributed by atoms with Crippen molar-refractivity contribution in [3.8, 4) is 0 Å². The third-order valence-corrected chi connectivity index (χ3v) is 1.86. The summed E-state index contributed by atoms with van der Waals surface area (Å²) < 4.78 is 0. The molecule has 1 amide bonds. The molecule has 0 bridgehead atoms. The average molecular weight is 157 g/mol. The number of hydrogen-bond acceptors (Lipinski definition) is 3. The van der Waals surface area contributed by atoms with Crippen LogP contribution in [-0.4, -0.2) is 29.9 Å². The number of amides is 1. The molecule has 0 radical (unpaired) electrons. The minimum Gasteiger partial charge on any atom is -0.383 e. The highest BCUT2D eigenvalue weighted by Gasteiger charge is 2.27. The van der Waals surface area contributed by atoms with E-state index in [1.807, 2.05) is 0 Å². The Balaban J connectivity index is 2.63. The summed E-state index contributed by atoms with van der Waals surface area (Å²) in [6, 6.07) is 0. The van der Waals surface area contributed by atoms with Crippen LogP contribution in [0.4, 0.5) is 0 Å². The largest absolute Gasteiger partial charge is 0.383 e. The first kappa shape index (κ1) is 8.20. The van der Waals surface area contributed by atoms with Gasteiger partial charge >= 0.3 is 0 Å². The molecule has 62 valence electrons. The number of rotatable bonds is 1. The smallest absolute Gasteiger partial charge is 0.249 e. The molecule has 0 aliphatic carbocycles. The lowest BCUT2D eigenvalue weighted by Crippen LogP contribution is -2.37. The number of hydrogen-bond donors (Lipinski definition) is 2. The molecule has 1 heterocycles. The van der Waals surface area contributed by atoms with Crippen LogP contribution in [0.2, 0.25) is 0 Å². The molecular formula is C7H11NO3. The number of carbonyl (C=O) groups excluding carboxylic acids is 2. The summed E-state index contributed by atoms with van der Waals surface area (Å²) in [6.07, 6.45) is 0.848. The van der Waals surface area contributed by atoms with Gasteiger partial charge in [-0.15, -0.1) is 0 Å². The van der Waals surface area contributed by atoms with Crippen LogP contribution in [0.25, 0.3) is 0 Å². The summed E-state index contributed by atoms with van der Waals surface area (Å²) in [5.74, 6) is -0.947. The molecule has 4 nitrogen and oxygen atoms in total. The lowest BCUT2D eigenvalue weighted by Gasteiger charge is -2.10. The van der Waals surface area contributed by atoms with Crippen LogP contribution >= 0.6 is 0 Å². The van der Waals surface area contributed by atoms with Crippen molar-refractivity contribution in [2.75, 3.05) is 6.54 Å². The van der Waals surface area contributed by atoms with Gasteiger partial charge in [0.15, 0.2) is 0 Å². The fraction of sp³-hybridized carbons (Fsp3) is 0.714. The van der Waals surface area contributed by atoms with Crippen LogP contribution in [0.3, 0.4) is 0 Å². The minimum absolute atomic E-state index is 0.431. The van der Waals surface area contributed by atoms with E-state index < -0.39 is 17.9 Å². The fourth-order valence-electron chi connectivity index (χ4n) is 1.15. The SMILES string of the molecule is O=CC1CCCNC(=O)C1O. The normalized spacial score (nSPS) is 32.3. The van der Waals surface area contributed by atoms with E-state index in [-0.39, 0.29) is 0 Å². The van der Waals surface area contributed by atoms with E-state index in [1.54, 1.807) is 0 Å². The molecule has 1 saturated heterocycles. The van der Waals surface area contributed by atoms with Crippen molar-refractivity contribution in [1.82, 2.24) is 5.32 Å². The van der Waals surface area contributed by atoms with Gasteiger partial charge in [-0.1, -0.05) is 0 Å². The van der Waals surface area contributed by atoms with Gasteiger partial charge in [0.2, 0.25) is 5.91 Å². The van der Waals surface area contributed by atoms with Crippen molar-refractivity contribution in [2.45, 2.75) is 18.9 Å². The maximum atomic E-state index is 10.9. The predicted octanol–water partition coefficient (Wildman–Crippen LogP) is -0.928. The lowest BCUT2D eigenvalue weighted by atomic mass is 10.00. The third kappa shape index (κ3) is 1.77. The molecule has 0 spiro atoms. The molecule has 4 heteroatoms. The second kappa shape index (κ2) is 3.48. The zero-order valence-corrected chi connectivity index (χ0v) is 6.12. The van der Waals surface area contributed by atoms with Crippen LogP contribution in [0, 0.1) is 5.92 Å². The maximum Gasteiger partial charge on any atom is 0.249 e. The molecule has 1 aliphatic heterocycles. The molecule has 1 aliphatic rings. The second-order valence-corrected chi connectivity index (χ2v) is 2.68. The van der Waals surface area contributed by atoms with Gasteiger partial charge in [0.05, 0.1) is 0 Å². The minimum atomic E-state index is -1.14. The molecule has 2 atom stereocenters. The topological polar surface area (TPSA) is 66.4 Å². The highest BCUT2D eigenvalue weighted by molar-refractivity contribution is 5.84. The highest BCUT2D eigenvalue weighted by Crippen LogP contribution is 2.11. The monoisotopic (exact) mass is 157 g/mol. The Morgan fingerprint density at radius 1 is 1.64 bits per heavy atom. The standard InChI is InChI=1S/C7H11NO3/c9-4-5-2-1-3-8-7(11)6(5)10/h4-6,10H,1-3H2,(H,8,11). The van der Waals surface area contributed by atoms with Crippen LogP contribution in [0.1, 0.15) is 12.8 Å².